The van der Waals surface area contributed by atoms with Gasteiger partial charge in [-0.3, -0.25) is 4.31 Å². The van der Waals surface area contributed by atoms with E-state index in [1.165, 1.54) is 23.5 Å². The highest BCUT2D eigenvalue weighted by Crippen LogP contribution is 2.33. The molecule has 2 aromatic carbocycles. The van der Waals surface area contributed by atoms with Gasteiger partial charge >= 0.3 is 0 Å². The molecular formula is C17H16N2O4S. The van der Waals surface area contributed by atoms with Crippen molar-refractivity contribution >= 4 is 15.7 Å². The summed E-state index contributed by atoms with van der Waals surface area (Å²) in [6, 6.07) is 13.5. The Bertz CT molecular complexity index is 886. The molecule has 6 nitrogen and oxygen atoms in total. The average Bonchev–Trinajstić information content (AvgIpc) is 2.61. The lowest BCUT2D eigenvalue weighted by Crippen LogP contribution is -2.26. The molecule has 0 saturated heterocycles. The van der Waals surface area contributed by atoms with Gasteiger partial charge in [-0.15, -0.1) is 0 Å². The normalized spacial score (nSPS) is 13.2. The molecule has 0 saturated carbocycles. The van der Waals surface area contributed by atoms with E-state index in [2.05, 4.69) is 6.07 Å². The second-order valence-corrected chi connectivity index (χ2v) is 7.25. The second kappa shape index (κ2) is 6.42. The number of rotatable bonds is 4. The zero-order valence-corrected chi connectivity index (χ0v) is 13.9. The van der Waals surface area contributed by atoms with Crippen molar-refractivity contribution in [2.24, 2.45) is 0 Å². The van der Waals surface area contributed by atoms with Gasteiger partial charge in [0.15, 0.2) is 11.5 Å². The van der Waals surface area contributed by atoms with Crippen LogP contribution in [0.4, 0.5) is 5.69 Å². The maximum Gasteiger partial charge on any atom is 0.264 e. The van der Waals surface area contributed by atoms with Crippen LogP contribution in [0.1, 0.15) is 5.56 Å². The molecule has 0 spiro atoms. The van der Waals surface area contributed by atoms with Crippen LogP contribution in [0.25, 0.3) is 0 Å². The molecule has 0 aliphatic carbocycles. The highest BCUT2D eigenvalue weighted by atomic mass is 32.2. The average molecular weight is 344 g/mol. The number of hydrogen-bond acceptors (Lipinski definition) is 5. The Kier molecular flexibility index (Phi) is 4.32. The standard InChI is InChI=1S/C17H16N2O4S/c1-19(14-4-2-13(3-5-14)8-9-18)24(20,21)15-6-7-16-17(12-15)23-11-10-22-16/h2-7,12H,8,10-11H2,1H3. The summed E-state index contributed by atoms with van der Waals surface area (Å²) in [7, 11) is -2.23. The maximum absolute atomic E-state index is 12.8. The van der Waals surface area contributed by atoms with Crippen molar-refractivity contribution in [3.8, 4) is 17.6 Å². The molecule has 0 unspecified atom stereocenters. The van der Waals surface area contributed by atoms with Gasteiger partial charge in [-0.1, -0.05) is 12.1 Å². The predicted octanol–water partition coefficient (Wildman–Crippen LogP) is 2.35. The quantitative estimate of drug-likeness (QED) is 0.850. The fourth-order valence-corrected chi connectivity index (χ4v) is 3.61. The Morgan fingerprint density at radius 2 is 1.75 bits per heavy atom. The first-order valence-electron chi connectivity index (χ1n) is 7.37. The Morgan fingerprint density at radius 1 is 1.08 bits per heavy atom. The van der Waals surface area contributed by atoms with Gasteiger partial charge in [-0.2, -0.15) is 5.26 Å². The second-order valence-electron chi connectivity index (χ2n) is 5.28. The summed E-state index contributed by atoms with van der Waals surface area (Å²) in [5.41, 5.74) is 1.36. The Morgan fingerprint density at radius 3 is 2.42 bits per heavy atom. The van der Waals surface area contributed by atoms with E-state index in [1.807, 2.05) is 0 Å². The number of ether oxygens (including phenoxy) is 2. The number of sulfonamides is 1. The Balaban J connectivity index is 1.90. The fraction of sp³-hybridized carbons (Fsp3) is 0.235. The van der Waals surface area contributed by atoms with Crippen LogP contribution >= 0.6 is 0 Å². The molecule has 0 N–H and O–H groups in total. The van der Waals surface area contributed by atoms with Crippen LogP contribution in [0.5, 0.6) is 11.5 Å². The topological polar surface area (TPSA) is 79.6 Å². The van der Waals surface area contributed by atoms with Crippen molar-refractivity contribution in [3.63, 3.8) is 0 Å². The third kappa shape index (κ3) is 3.01. The maximum atomic E-state index is 12.8. The summed E-state index contributed by atoms with van der Waals surface area (Å²) in [4.78, 5) is 0.135. The van der Waals surface area contributed by atoms with E-state index in [0.29, 0.717) is 36.8 Å². The largest absolute Gasteiger partial charge is 0.486 e. The van der Waals surface area contributed by atoms with Gasteiger partial charge in [0.05, 0.1) is 23.1 Å². The lowest BCUT2D eigenvalue weighted by Gasteiger charge is -2.22. The van der Waals surface area contributed by atoms with Gasteiger partial charge in [-0.05, 0) is 29.8 Å². The fourth-order valence-electron chi connectivity index (χ4n) is 2.40. The van der Waals surface area contributed by atoms with Crippen molar-refractivity contribution in [2.45, 2.75) is 11.3 Å². The minimum absolute atomic E-state index is 0.135. The molecule has 0 atom stereocenters. The van der Waals surface area contributed by atoms with E-state index < -0.39 is 10.0 Å². The van der Waals surface area contributed by atoms with Crippen LogP contribution in [-0.4, -0.2) is 28.7 Å². The van der Waals surface area contributed by atoms with Crippen molar-refractivity contribution < 1.29 is 17.9 Å². The summed E-state index contributed by atoms with van der Waals surface area (Å²) in [6.45, 7) is 0.848. The summed E-state index contributed by atoms with van der Waals surface area (Å²) >= 11 is 0. The number of nitriles is 1. The lowest BCUT2D eigenvalue weighted by atomic mass is 10.1. The molecule has 1 aliphatic heterocycles. The minimum Gasteiger partial charge on any atom is -0.486 e. The molecule has 0 amide bonds. The molecule has 1 aliphatic rings. The third-order valence-corrected chi connectivity index (χ3v) is 5.54. The predicted molar refractivity (Wildman–Crippen MR) is 88.8 cm³/mol. The van der Waals surface area contributed by atoms with Gasteiger partial charge in [0.1, 0.15) is 13.2 Å². The van der Waals surface area contributed by atoms with Gasteiger partial charge in [0, 0.05) is 13.1 Å². The lowest BCUT2D eigenvalue weighted by molar-refractivity contribution is 0.171. The van der Waals surface area contributed by atoms with Crippen LogP contribution in [0, 0.1) is 11.3 Å². The molecule has 0 aromatic heterocycles. The molecule has 7 heteroatoms. The molecular weight excluding hydrogens is 328 g/mol. The molecule has 0 radical (unpaired) electrons. The number of fused-ring (bicyclic) bond motifs is 1. The molecule has 24 heavy (non-hydrogen) atoms. The van der Waals surface area contributed by atoms with Crippen molar-refractivity contribution in [3.05, 3.63) is 48.0 Å². The van der Waals surface area contributed by atoms with E-state index in [1.54, 1.807) is 30.3 Å². The number of nitrogens with zero attached hydrogens (tertiary/aromatic N) is 2. The Hall–Kier alpha value is -2.72. The van der Waals surface area contributed by atoms with Crippen LogP contribution in [-0.2, 0) is 16.4 Å². The van der Waals surface area contributed by atoms with Crippen molar-refractivity contribution in [1.82, 2.24) is 0 Å². The van der Waals surface area contributed by atoms with Crippen LogP contribution in [0.2, 0.25) is 0 Å². The smallest absolute Gasteiger partial charge is 0.264 e. The van der Waals surface area contributed by atoms with Crippen molar-refractivity contribution in [1.29, 1.82) is 5.26 Å². The zero-order chi connectivity index (χ0) is 17.2. The van der Waals surface area contributed by atoms with Gasteiger partial charge in [0.25, 0.3) is 10.0 Å². The number of benzene rings is 2. The van der Waals surface area contributed by atoms with E-state index in [9.17, 15) is 8.42 Å². The first-order chi connectivity index (χ1) is 11.5. The van der Waals surface area contributed by atoms with Gasteiger partial charge < -0.3 is 9.47 Å². The molecule has 0 fully saturated rings. The minimum atomic E-state index is -3.72. The van der Waals surface area contributed by atoms with Gasteiger partial charge in [0.2, 0.25) is 0 Å². The highest BCUT2D eigenvalue weighted by molar-refractivity contribution is 7.92. The number of anilines is 1. The molecule has 1 heterocycles. The molecule has 2 aromatic rings. The van der Waals surface area contributed by atoms with Gasteiger partial charge in [-0.25, -0.2) is 8.42 Å². The summed E-state index contributed by atoms with van der Waals surface area (Å²) in [6.07, 6.45) is 0.291. The van der Waals surface area contributed by atoms with Crippen LogP contribution < -0.4 is 13.8 Å². The number of hydrogen-bond donors (Lipinski definition) is 0. The molecule has 0 bridgehead atoms. The summed E-state index contributed by atoms with van der Waals surface area (Å²) < 4.78 is 37.7. The SMILES string of the molecule is CN(c1ccc(CC#N)cc1)S(=O)(=O)c1ccc2c(c1)OCCO2. The first kappa shape index (κ1) is 16.1. The van der Waals surface area contributed by atoms with E-state index in [0.717, 1.165) is 5.56 Å². The molecule has 3 rings (SSSR count). The van der Waals surface area contributed by atoms with E-state index >= 15 is 0 Å². The summed E-state index contributed by atoms with van der Waals surface area (Å²) in [5.74, 6) is 0.976. The van der Waals surface area contributed by atoms with Crippen LogP contribution in [0.3, 0.4) is 0 Å². The van der Waals surface area contributed by atoms with E-state index in [4.69, 9.17) is 14.7 Å². The van der Waals surface area contributed by atoms with E-state index in [-0.39, 0.29) is 4.90 Å². The Labute approximate surface area is 140 Å². The molecule has 124 valence electrons. The third-order valence-electron chi connectivity index (χ3n) is 3.76. The summed E-state index contributed by atoms with van der Waals surface area (Å²) in [5, 5.41) is 8.69. The monoisotopic (exact) mass is 344 g/mol. The van der Waals surface area contributed by atoms with Crippen molar-refractivity contribution in [2.75, 3.05) is 24.6 Å². The first-order valence-corrected chi connectivity index (χ1v) is 8.81. The van der Waals surface area contributed by atoms with Crippen LogP contribution in [0.15, 0.2) is 47.4 Å². The zero-order valence-electron chi connectivity index (χ0n) is 13.1. The highest BCUT2D eigenvalue weighted by Gasteiger charge is 2.24.